The molecule has 1 unspecified atom stereocenters. The van der Waals surface area contributed by atoms with Crippen LogP contribution in [0.25, 0.3) is 0 Å². The predicted octanol–water partition coefficient (Wildman–Crippen LogP) is 2.03. The zero-order valence-corrected chi connectivity index (χ0v) is 8.93. The standard InChI is InChI=1S/C10H18F3NO/c1-2-9(15)7-14-5-3-8(4-6-14)10(11,12)13/h8-9,15H,2-7H2,1H3. The molecule has 1 aliphatic heterocycles. The van der Waals surface area contributed by atoms with Gasteiger partial charge in [-0.1, -0.05) is 6.92 Å². The SMILES string of the molecule is CCC(O)CN1CCC(C(F)(F)F)CC1. The molecule has 2 nitrogen and oxygen atoms in total. The van der Waals surface area contributed by atoms with E-state index in [0.717, 1.165) is 0 Å². The number of rotatable bonds is 3. The summed E-state index contributed by atoms with van der Waals surface area (Å²) in [6.45, 7) is 3.26. The third kappa shape index (κ3) is 3.99. The maximum absolute atomic E-state index is 12.3. The minimum atomic E-state index is -4.05. The molecule has 0 aromatic carbocycles. The smallest absolute Gasteiger partial charge is 0.391 e. The predicted molar refractivity (Wildman–Crippen MR) is 51.5 cm³/mol. The number of nitrogens with zero attached hydrogens (tertiary/aromatic N) is 1. The second kappa shape index (κ2) is 5.16. The highest BCUT2D eigenvalue weighted by Crippen LogP contribution is 2.33. The van der Waals surface area contributed by atoms with E-state index in [2.05, 4.69) is 0 Å². The Kier molecular flexibility index (Phi) is 4.40. The van der Waals surface area contributed by atoms with Gasteiger partial charge >= 0.3 is 6.18 Å². The summed E-state index contributed by atoms with van der Waals surface area (Å²) < 4.78 is 37.0. The summed E-state index contributed by atoms with van der Waals surface area (Å²) >= 11 is 0. The molecule has 0 radical (unpaired) electrons. The molecule has 0 spiro atoms. The molecule has 15 heavy (non-hydrogen) atoms. The van der Waals surface area contributed by atoms with Gasteiger partial charge in [-0.2, -0.15) is 13.2 Å². The van der Waals surface area contributed by atoms with Gasteiger partial charge in [0.05, 0.1) is 12.0 Å². The fourth-order valence-electron chi connectivity index (χ4n) is 1.87. The molecule has 0 saturated carbocycles. The number of halogens is 3. The lowest BCUT2D eigenvalue weighted by molar-refractivity contribution is -0.185. The Balaban J connectivity index is 2.30. The fourth-order valence-corrected chi connectivity index (χ4v) is 1.87. The van der Waals surface area contributed by atoms with Gasteiger partial charge in [0.25, 0.3) is 0 Å². The van der Waals surface area contributed by atoms with Crippen LogP contribution in [0.3, 0.4) is 0 Å². The third-order valence-electron chi connectivity index (χ3n) is 2.99. The van der Waals surface area contributed by atoms with Gasteiger partial charge in [0.2, 0.25) is 0 Å². The van der Waals surface area contributed by atoms with Crippen molar-refractivity contribution in [3.05, 3.63) is 0 Å². The van der Waals surface area contributed by atoms with Crippen LogP contribution in [0.1, 0.15) is 26.2 Å². The van der Waals surface area contributed by atoms with Crippen LogP contribution in [-0.4, -0.2) is 41.9 Å². The van der Waals surface area contributed by atoms with Crippen molar-refractivity contribution in [2.45, 2.75) is 38.5 Å². The van der Waals surface area contributed by atoms with Crippen LogP contribution in [0.4, 0.5) is 13.2 Å². The summed E-state index contributed by atoms with van der Waals surface area (Å²) in [4.78, 5) is 1.91. The molecule has 1 heterocycles. The highest BCUT2D eigenvalue weighted by Gasteiger charge is 2.41. The molecule has 90 valence electrons. The first-order chi connectivity index (χ1) is 6.93. The fraction of sp³-hybridized carbons (Fsp3) is 1.00. The number of aliphatic hydroxyl groups is 1. The Bertz CT molecular complexity index is 188. The number of likely N-dealkylation sites (tertiary alicyclic amines) is 1. The summed E-state index contributed by atoms with van der Waals surface area (Å²) in [6, 6.07) is 0. The first kappa shape index (κ1) is 12.8. The highest BCUT2D eigenvalue weighted by atomic mass is 19.4. The van der Waals surface area contributed by atoms with E-state index in [-0.39, 0.29) is 12.8 Å². The van der Waals surface area contributed by atoms with E-state index in [0.29, 0.717) is 26.1 Å². The Morgan fingerprint density at radius 3 is 2.27 bits per heavy atom. The summed E-state index contributed by atoms with van der Waals surface area (Å²) in [5, 5.41) is 9.37. The molecule has 1 fully saturated rings. The van der Waals surface area contributed by atoms with Crippen molar-refractivity contribution < 1.29 is 18.3 Å². The lowest BCUT2D eigenvalue weighted by atomic mass is 9.96. The van der Waals surface area contributed by atoms with Gasteiger partial charge < -0.3 is 10.0 Å². The molecule has 5 heteroatoms. The molecule has 0 aromatic rings. The molecule has 1 rings (SSSR count). The third-order valence-corrected chi connectivity index (χ3v) is 2.99. The monoisotopic (exact) mass is 225 g/mol. The maximum atomic E-state index is 12.3. The Morgan fingerprint density at radius 2 is 1.87 bits per heavy atom. The molecule has 0 aliphatic carbocycles. The van der Waals surface area contributed by atoms with Gasteiger partial charge in [-0.3, -0.25) is 0 Å². The number of aliphatic hydroxyl groups excluding tert-OH is 1. The van der Waals surface area contributed by atoms with Crippen LogP contribution in [0.2, 0.25) is 0 Å². The normalized spacial score (nSPS) is 23.0. The number of hydrogen-bond donors (Lipinski definition) is 1. The van der Waals surface area contributed by atoms with Gasteiger partial charge in [0.1, 0.15) is 0 Å². The number of piperidine rings is 1. The molecule has 0 amide bonds. The van der Waals surface area contributed by atoms with Crippen LogP contribution in [0.15, 0.2) is 0 Å². The summed E-state index contributed by atoms with van der Waals surface area (Å²) in [5.74, 6) is -1.15. The van der Waals surface area contributed by atoms with Crippen molar-refractivity contribution in [3.8, 4) is 0 Å². The molecule has 0 bridgehead atoms. The maximum Gasteiger partial charge on any atom is 0.391 e. The average Bonchev–Trinajstić information content (AvgIpc) is 2.17. The van der Waals surface area contributed by atoms with Crippen molar-refractivity contribution >= 4 is 0 Å². The molecular weight excluding hydrogens is 207 g/mol. The van der Waals surface area contributed by atoms with Gasteiger partial charge in [-0.15, -0.1) is 0 Å². The zero-order valence-electron chi connectivity index (χ0n) is 8.93. The van der Waals surface area contributed by atoms with Crippen molar-refractivity contribution in [1.82, 2.24) is 4.90 Å². The van der Waals surface area contributed by atoms with E-state index in [1.165, 1.54) is 0 Å². The van der Waals surface area contributed by atoms with Crippen molar-refractivity contribution in [2.75, 3.05) is 19.6 Å². The van der Waals surface area contributed by atoms with Crippen LogP contribution < -0.4 is 0 Å². The van der Waals surface area contributed by atoms with Crippen molar-refractivity contribution in [1.29, 1.82) is 0 Å². The zero-order chi connectivity index (χ0) is 11.5. The van der Waals surface area contributed by atoms with Crippen LogP contribution in [-0.2, 0) is 0 Å². The van der Waals surface area contributed by atoms with E-state index in [9.17, 15) is 18.3 Å². The van der Waals surface area contributed by atoms with Gasteiger partial charge in [0, 0.05) is 6.54 Å². The first-order valence-electron chi connectivity index (χ1n) is 5.40. The number of alkyl halides is 3. The second-order valence-corrected chi connectivity index (χ2v) is 4.18. The average molecular weight is 225 g/mol. The van der Waals surface area contributed by atoms with E-state index in [1.54, 1.807) is 0 Å². The molecule has 0 aromatic heterocycles. The quantitative estimate of drug-likeness (QED) is 0.794. The summed E-state index contributed by atoms with van der Waals surface area (Å²) in [6.07, 6.45) is -3.47. The minimum Gasteiger partial charge on any atom is -0.392 e. The summed E-state index contributed by atoms with van der Waals surface area (Å²) in [5.41, 5.74) is 0. The number of β-amino-alcohol motifs (C(OH)–C–C–N with tert-alkyl or cyclic N) is 1. The Labute approximate surface area is 88.1 Å². The summed E-state index contributed by atoms with van der Waals surface area (Å²) in [7, 11) is 0. The minimum absolute atomic E-state index is 0.167. The van der Waals surface area contributed by atoms with Crippen LogP contribution >= 0.6 is 0 Å². The van der Waals surface area contributed by atoms with Crippen molar-refractivity contribution in [3.63, 3.8) is 0 Å². The molecule has 1 saturated heterocycles. The topological polar surface area (TPSA) is 23.5 Å². The Morgan fingerprint density at radius 1 is 1.33 bits per heavy atom. The van der Waals surface area contributed by atoms with Crippen LogP contribution in [0, 0.1) is 5.92 Å². The molecular formula is C10H18F3NO. The van der Waals surface area contributed by atoms with E-state index < -0.39 is 18.2 Å². The number of hydrogen-bond acceptors (Lipinski definition) is 2. The van der Waals surface area contributed by atoms with Gasteiger partial charge in [-0.25, -0.2) is 0 Å². The first-order valence-corrected chi connectivity index (χ1v) is 5.40. The van der Waals surface area contributed by atoms with Gasteiger partial charge in [-0.05, 0) is 32.4 Å². The van der Waals surface area contributed by atoms with E-state index >= 15 is 0 Å². The second-order valence-electron chi connectivity index (χ2n) is 4.18. The van der Waals surface area contributed by atoms with E-state index in [4.69, 9.17) is 0 Å². The molecule has 1 N–H and O–H groups in total. The van der Waals surface area contributed by atoms with E-state index in [1.807, 2.05) is 11.8 Å². The lowest BCUT2D eigenvalue weighted by Gasteiger charge is -2.33. The Hall–Kier alpha value is -0.290. The lowest BCUT2D eigenvalue weighted by Crippen LogP contribution is -2.42. The molecule has 1 atom stereocenters. The van der Waals surface area contributed by atoms with Gasteiger partial charge in [0.15, 0.2) is 0 Å². The highest BCUT2D eigenvalue weighted by molar-refractivity contribution is 4.78. The molecule has 1 aliphatic rings. The van der Waals surface area contributed by atoms with Crippen molar-refractivity contribution in [2.24, 2.45) is 5.92 Å². The largest absolute Gasteiger partial charge is 0.392 e. The van der Waals surface area contributed by atoms with Crippen LogP contribution in [0.5, 0.6) is 0 Å².